The van der Waals surface area contributed by atoms with Crippen LogP contribution in [-0.2, 0) is 14.4 Å². The molecule has 0 unspecified atom stereocenters. The van der Waals surface area contributed by atoms with Gasteiger partial charge in [-0.15, -0.1) is 5.06 Å². The van der Waals surface area contributed by atoms with Gasteiger partial charge in [0, 0.05) is 12.8 Å². The quantitative estimate of drug-likeness (QED) is 0.743. The Kier molecular flexibility index (Phi) is 3.14. The lowest BCUT2D eigenvalue weighted by Gasteiger charge is -2.13. The zero-order valence-corrected chi connectivity index (χ0v) is 10.2. The zero-order valence-electron chi connectivity index (χ0n) is 10.2. The molecule has 1 aliphatic heterocycles. The number of hydrogen-bond acceptors (Lipinski definition) is 4. The number of carbonyl (C=O) groups excluding carboxylic acids is 3. The first-order valence-corrected chi connectivity index (χ1v) is 5.64. The van der Waals surface area contributed by atoms with Gasteiger partial charge < -0.3 is 4.84 Å². The summed E-state index contributed by atoms with van der Waals surface area (Å²) in [4.78, 5) is 39.3. The fraction of sp³-hybridized carbons (Fsp3) is 0.308. The number of hydrogen-bond donors (Lipinski definition) is 0. The third kappa shape index (κ3) is 2.40. The summed E-state index contributed by atoms with van der Waals surface area (Å²) < 4.78 is 0. The number of imide groups is 1. The van der Waals surface area contributed by atoms with Crippen LogP contribution in [0.25, 0.3) is 0 Å². The molecule has 1 heterocycles. The van der Waals surface area contributed by atoms with Crippen LogP contribution >= 0.6 is 0 Å². The summed E-state index contributed by atoms with van der Waals surface area (Å²) in [5.74, 6) is -1.64. The summed E-state index contributed by atoms with van der Waals surface area (Å²) in [5.41, 5.74) is 2.17. The van der Waals surface area contributed by atoms with Crippen LogP contribution in [0.5, 0.6) is 0 Å². The van der Waals surface area contributed by atoms with Gasteiger partial charge in [0.1, 0.15) is 0 Å². The van der Waals surface area contributed by atoms with Gasteiger partial charge in [-0.05, 0) is 26.0 Å². The highest BCUT2D eigenvalue weighted by molar-refractivity contribution is 6.02. The highest BCUT2D eigenvalue weighted by Gasteiger charge is 2.33. The summed E-state index contributed by atoms with van der Waals surface area (Å²) in [5, 5.41) is 0.556. The van der Waals surface area contributed by atoms with Crippen LogP contribution in [0.1, 0.15) is 34.3 Å². The fourth-order valence-electron chi connectivity index (χ4n) is 1.89. The molecule has 0 bridgehead atoms. The topological polar surface area (TPSA) is 63.7 Å². The van der Waals surface area contributed by atoms with Crippen LogP contribution in [0.15, 0.2) is 18.2 Å². The molecular weight excluding hydrogens is 234 g/mol. The van der Waals surface area contributed by atoms with E-state index in [-0.39, 0.29) is 12.8 Å². The van der Waals surface area contributed by atoms with Crippen LogP contribution in [0.4, 0.5) is 0 Å². The Bertz CT molecular complexity index is 500. The van der Waals surface area contributed by atoms with Crippen molar-refractivity contribution in [3.05, 3.63) is 34.9 Å². The molecule has 5 nitrogen and oxygen atoms in total. The van der Waals surface area contributed by atoms with E-state index in [0.29, 0.717) is 10.6 Å². The van der Waals surface area contributed by atoms with Gasteiger partial charge in [0.15, 0.2) is 0 Å². The van der Waals surface area contributed by atoms with Gasteiger partial charge in [-0.1, -0.05) is 17.2 Å². The van der Waals surface area contributed by atoms with Crippen molar-refractivity contribution in [2.24, 2.45) is 0 Å². The van der Waals surface area contributed by atoms with E-state index in [0.717, 1.165) is 11.1 Å². The average molecular weight is 247 g/mol. The maximum atomic E-state index is 11.8. The highest BCUT2D eigenvalue weighted by Crippen LogP contribution is 2.15. The predicted octanol–water partition coefficient (Wildman–Crippen LogP) is 1.52. The molecular formula is C13H13NO4. The van der Waals surface area contributed by atoms with Gasteiger partial charge in [-0.3, -0.25) is 9.59 Å². The number of hydroxylamine groups is 2. The molecule has 0 spiro atoms. The predicted molar refractivity (Wildman–Crippen MR) is 62.4 cm³/mol. The average Bonchev–Trinajstić information content (AvgIpc) is 2.59. The molecule has 2 rings (SSSR count). The minimum absolute atomic E-state index is 0.0962. The standard InChI is InChI=1S/C13H13NO4/c1-8-5-9(2)7-10(6-8)13(17)18-14-11(15)3-4-12(14)16/h5-7H,3-4H2,1-2H3. The fourth-order valence-corrected chi connectivity index (χ4v) is 1.89. The van der Waals surface area contributed by atoms with Crippen LogP contribution in [0.2, 0.25) is 0 Å². The second kappa shape index (κ2) is 4.60. The van der Waals surface area contributed by atoms with E-state index in [1.54, 1.807) is 12.1 Å². The molecule has 0 N–H and O–H groups in total. The van der Waals surface area contributed by atoms with E-state index in [1.165, 1.54) is 0 Å². The number of amides is 2. The normalized spacial score (nSPS) is 15.1. The van der Waals surface area contributed by atoms with Crippen LogP contribution in [-0.4, -0.2) is 22.8 Å². The number of benzene rings is 1. The SMILES string of the molecule is Cc1cc(C)cc(C(=O)ON2C(=O)CCC2=O)c1. The second-order valence-corrected chi connectivity index (χ2v) is 4.34. The van der Waals surface area contributed by atoms with E-state index < -0.39 is 17.8 Å². The number of carbonyl (C=O) groups is 3. The van der Waals surface area contributed by atoms with Gasteiger partial charge in [0.2, 0.25) is 0 Å². The van der Waals surface area contributed by atoms with Crippen LogP contribution in [0.3, 0.4) is 0 Å². The molecule has 1 aromatic carbocycles. The number of aryl methyl sites for hydroxylation is 2. The molecule has 0 radical (unpaired) electrons. The summed E-state index contributed by atoms with van der Waals surface area (Å²) in [6, 6.07) is 5.23. The van der Waals surface area contributed by atoms with E-state index in [1.807, 2.05) is 19.9 Å². The van der Waals surface area contributed by atoms with Gasteiger partial charge in [-0.25, -0.2) is 4.79 Å². The minimum Gasteiger partial charge on any atom is -0.325 e. The summed E-state index contributed by atoms with van der Waals surface area (Å²) >= 11 is 0. The Hall–Kier alpha value is -2.17. The molecule has 0 saturated carbocycles. The third-order valence-corrected chi connectivity index (χ3v) is 2.64. The molecule has 1 fully saturated rings. The minimum atomic E-state index is -0.689. The van der Waals surface area contributed by atoms with Crippen molar-refractivity contribution in [1.82, 2.24) is 5.06 Å². The lowest BCUT2D eigenvalue weighted by atomic mass is 10.1. The van der Waals surface area contributed by atoms with Gasteiger partial charge in [-0.2, -0.15) is 0 Å². The summed E-state index contributed by atoms with van der Waals surface area (Å²) in [7, 11) is 0. The molecule has 0 aromatic heterocycles. The maximum absolute atomic E-state index is 11.8. The molecule has 0 aliphatic carbocycles. The molecule has 1 saturated heterocycles. The maximum Gasteiger partial charge on any atom is 0.363 e. The molecule has 18 heavy (non-hydrogen) atoms. The first-order chi connectivity index (χ1) is 8.47. The Balaban J connectivity index is 2.17. The van der Waals surface area contributed by atoms with Crippen LogP contribution < -0.4 is 0 Å². The van der Waals surface area contributed by atoms with Crippen LogP contribution in [0, 0.1) is 13.8 Å². The highest BCUT2D eigenvalue weighted by atomic mass is 16.7. The molecule has 94 valence electrons. The number of nitrogens with zero attached hydrogens (tertiary/aromatic N) is 1. The Morgan fingerprint density at radius 1 is 1.06 bits per heavy atom. The van der Waals surface area contributed by atoms with E-state index in [4.69, 9.17) is 4.84 Å². The van der Waals surface area contributed by atoms with Gasteiger partial charge in [0.05, 0.1) is 5.56 Å². The Labute approximate surface area is 104 Å². The monoisotopic (exact) mass is 247 g/mol. The number of rotatable bonds is 2. The Morgan fingerprint density at radius 2 is 1.56 bits per heavy atom. The Morgan fingerprint density at radius 3 is 2.06 bits per heavy atom. The molecule has 2 amide bonds. The van der Waals surface area contributed by atoms with Gasteiger partial charge in [0.25, 0.3) is 11.8 Å². The van der Waals surface area contributed by atoms with E-state index >= 15 is 0 Å². The van der Waals surface area contributed by atoms with E-state index in [2.05, 4.69) is 0 Å². The van der Waals surface area contributed by atoms with Crippen molar-refractivity contribution in [2.75, 3.05) is 0 Å². The largest absolute Gasteiger partial charge is 0.363 e. The summed E-state index contributed by atoms with van der Waals surface area (Å²) in [6.45, 7) is 3.71. The van der Waals surface area contributed by atoms with Crippen molar-refractivity contribution in [1.29, 1.82) is 0 Å². The van der Waals surface area contributed by atoms with Gasteiger partial charge >= 0.3 is 5.97 Å². The van der Waals surface area contributed by atoms with Crippen molar-refractivity contribution >= 4 is 17.8 Å². The first-order valence-electron chi connectivity index (χ1n) is 5.64. The lowest BCUT2D eigenvalue weighted by molar-refractivity contribution is -0.172. The molecule has 1 aromatic rings. The molecule has 5 heteroatoms. The summed E-state index contributed by atoms with van der Waals surface area (Å²) in [6.07, 6.45) is 0.192. The zero-order chi connectivity index (χ0) is 13.3. The smallest absolute Gasteiger partial charge is 0.325 e. The van der Waals surface area contributed by atoms with Crippen molar-refractivity contribution in [3.63, 3.8) is 0 Å². The van der Waals surface area contributed by atoms with Crippen molar-refractivity contribution < 1.29 is 19.2 Å². The lowest BCUT2D eigenvalue weighted by Crippen LogP contribution is -2.32. The van der Waals surface area contributed by atoms with Crippen molar-refractivity contribution in [3.8, 4) is 0 Å². The van der Waals surface area contributed by atoms with Crippen molar-refractivity contribution in [2.45, 2.75) is 26.7 Å². The second-order valence-electron chi connectivity index (χ2n) is 4.34. The molecule has 0 atom stereocenters. The first kappa shape index (κ1) is 12.3. The third-order valence-electron chi connectivity index (χ3n) is 2.64. The van der Waals surface area contributed by atoms with E-state index in [9.17, 15) is 14.4 Å². The molecule has 1 aliphatic rings.